The molecule has 6 heteroatoms. The molecule has 1 N–H and O–H groups in total. The topological polar surface area (TPSA) is 61.9 Å². The number of H-pyrrole nitrogens is 1. The fraction of sp³-hybridized carbons (Fsp3) is 0.727. The number of aryl methyl sites for hydroxylation is 1. The summed E-state index contributed by atoms with van der Waals surface area (Å²) in [5, 5.41) is 7.44. The average Bonchev–Trinajstić information content (AvgIpc) is 2.73. The van der Waals surface area contributed by atoms with Crippen molar-refractivity contribution < 1.29 is 4.79 Å². The normalized spacial score (nSPS) is 20.6. The van der Waals surface area contributed by atoms with Gasteiger partial charge in [0.25, 0.3) is 0 Å². The molecule has 0 spiro atoms. The number of nitrogens with one attached hydrogen (secondary N) is 1. The van der Waals surface area contributed by atoms with Gasteiger partial charge < -0.3 is 4.90 Å². The number of aromatic nitrogens is 3. The van der Waals surface area contributed by atoms with E-state index in [-0.39, 0.29) is 5.91 Å². The molecule has 1 atom stereocenters. The van der Waals surface area contributed by atoms with Gasteiger partial charge in [-0.15, -0.1) is 5.10 Å². The second-order valence-electron chi connectivity index (χ2n) is 4.42. The van der Waals surface area contributed by atoms with Crippen LogP contribution in [0.5, 0.6) is 0 Å². The number of nitrogens with zero attached hydrogens (tertiary/aromatic N) is 3. The number of aromatic amines is 1. The zero-order valence-corrected chi connectivity index (χ0v) is 11.1. The van der Waals surface area contributed by atoms with Gasteiger partial charge in [-0.05, 0) is 33.1 Å². The van der Waals surface area contributed by atoms with Crippen molar-refractivity contribution in [3.8, 4) is 0 Å². The molecule has 2 rings (SSSR count). The van der Waals surface area contributed by atoms with Crippen LogP contribution in [0, 0.1) is 6.92 Å². The summed E-state index contributed by atoms with van der Waals surface area (Å²) in [5.41, 5.74) is 0. The molecule has 17 heavy (non-hydrogen) atoms. The number of thioether (sulfide) groups is 1. The lowest BCUT2D eigenvalue weighted by atomic mass is 10.0. The highest BCUT2D eigenvalue weighted by molar-refractivity contribution is 7.99. The van der Waals surface area contributed by atoms with Gasteiger partial charge in [0.1, 0.15) is 5.82 Å². The zero-order chi connectivity index (χ0) is 12.3. The minimum atomic E-state index is 0.199. The summed E-state index contributed by atoms with van der Waals surface area (Å²) in [7, 11) is 0. The third kappa shape index (κ3) is 3.21. The summed E-state index contributed by atoms with van der Waals surface area (Å²) in [6.07, 6.45) is 3.48. The lowest BCUT2D eigenvalue weighted by molar-refractivity contribution is -0.131. The molecule has 94 valence electrons. The molecule has 1 saturated heterocycles. The molecule has 2 heterocycles. The Hall–Kier alpha value is -1.04. The third-order valence-electron chi connectivity index (χ3n) is 3.02. The number of carbonyl (C=O) groups is 1. The molecule has 1 unspecified atom stereocenters. The Morgan fingerprint density at radius 1 is 1.59 bits per heavy atom. The van der Waals surface area contributed by atoms with Gasteiger partial charge in [0.05, 0.1) is 5.75 Å². The summed E-state index contributed by atoms with van der Waals surface area (Å²) < 4.78 is 0. The van der Waals surface area contributed by atoms with Gasteiger partial charge in [-0.25, -0.2) is 4.98 Å². The Morgan fingerprint density at radius 3 is 3.06 bits per heavy atom. The van der Waals surface area contributed by atoms with E-state index in [1.54, 1.807) is 0 Å². The molecule has 1 aromatic rings. The molecular weight excluding hydrogens is 236 g/mol. The van der Waals surface area contributed by atoms with E-state index in [0.29, 0.717) is 17.0 Å². The molecule has 1 aliphatic rings. The maximum absolute atomic E-state index is 12.0. The summed E-state index contributed by atoms with van der Waals surface area (Å²) >= 11 is 1.40. The van der Waals surface area contributed by atoms with Crippen molar-refractivity contribution in [2.24, 2.45) is 0 Å². The molecular formula is C11H18N4OS. The zero-order valence-electron chi connectivity index (χ0n) is 10.3. The van der Waals surface area contributed by atoms with Gasteiger partial charge in [-0.1, -0.05) is 11.8 Å². The van der Waals surface area contributed by atoms with Crippen LogP contribution in [0.1, 0.15) is 32.0 Å². The number of likely N-dealkylation sites (tertiary alicyclic amines) is 1. The Morgan fingerprint density at radius 2 is 2.41 bits per heavy atom. The second-order valence-corrected chi connectivity index (χ2v) is 5.37. The van der Waals surface area contributed by atoms with Gasteiger partial charge in [0.2, 0.25) is 11.1 Å². The van der Waals surface area contributed by atoms with Crippen molar-refractivity contribution in [3.63, 3.8) is 0 Å². The first kappa shape index (κ1) is 12.4. The predicted molar refractivity (Wildman–Crippen MR) is 66.9 cm³/mol. The van der Waals surface area contributed by atoms with Crippen LogP contribution in [0.3, 0.4) is 0 Å². The number of piperidine rings is 1. The summed E-state index contributed by atoms with van der Waals surface area (Å²) in [4.78, 5) is 18.2. The highest BCUT2D eigenvalue weighted by Crippen LogP contribution is 2.19. The standard InChI is InChI=1S/C11H18N4OS/c1-8-5-3-4-6-15(8)10(16)7-17-11-12-9(2)13-14-11/h8H,3-7H2,1-2H3,(H,12,13,14). The Kier molecular flexibility index (Phi) is 4.04. The summed E-state index contributed by atoms with van der Waals surface area (Å²) in [6, 6.07) is 0.380. The van der Waals surface area contributed by atoms with Crippen molar-refractivity contribution in [2.45, 2.75) is 44.3 Å². The maximum Gasteiger partial charge on any atom is 0.233 e. The van der Waals surface area contributed by atoms with E-state index >= 15 is 0 Å². The van der Waals surface area contributed by atoms with Crippen molar-refractivity contribution >= 4 is 17.7 Å². The monoisotopic (exact) mass is 254 g/mol. The quantitative estimate of drug-likeness (QED) is 0.832. The van der Waals surface area contributed by atoms with Crippen LogP contribution in [0.4, 0.5) is 0 Å². The van der Waals surface area contributed by atoms with Crippen LogP contribution in [-0.4, -0.2) is 44.3 Å². The molecule has 0 bridgehead atoms. The Balaban J connectivity index is 1.84. The first-order chi connectivity index (χ1) is 8.16. The van der Waals surface area contributed by atoms with Crippen molar-refractivity contribution in [1.29, 1.82) is 0 Å². The third-order valence-corrected chi connectivity index (χ3v) is 3.86. The summed E-state index contributed by atoms with van der Waals surface area (Å²) in [6.45, 7) is 4.87. The van der Waals surface area contributed by atoms with E-state index in [0.717, 1.165) is 25.2 Å². The molecule has 1 aromatic heterocycles. The minimum Gasteiger partial charge on any atom is -0.339 e. The van der Waals surface area contributed by atoms with Gasteiger partial charge in [0, 0.05) is 12.6 Å². The average molecular weight is 254 g/mol. The van der Waals surface area contributed by atoms with Gasteiger partial charge in [-0.3, -0.25) is 9.89 Å². The molecule has 0 saturated carbocycles. The van der Waals surface area contributed by atoms with Gasteiger partial charge >= 0.3 is 0 Å². The van der Waals surface area contributed by atoms with E-state index in [1.807, 2.05) is 11.8 Å². The van der Waals surface area contributed by atoms with E-state index in [2.05, 4.69) is 22.1 Å². The second kappa shape index (κ2) is 5.53. The molecule has 5 nitrogen and oxygen atoms in total. The molecule has 0 aromatic carbocycles. The number of amides is 1. The van der Waals surface area contributed by atoms with Crippen molar-refractivity contribution in [2.75, 3.05) is 12.3 Å². The SMILES string of the molecule is Cc1nc(SCC(=O)N2CCCCC2C)n[nH]1. The maximum atomic E-state index is 12.0. The minimum absolute atomic E-state index is 0.199. The molecule has 1 fully saturated rings. The fourth-order valence-corrected chi connectivity index (χ4v) is 2.79. The molecule has 0 radical (unpaired) electrons. The first-order valence-electron chi connectivity index (χ1n) is 5.98. The Bertz CT molecular complexity index is 393. The van der Waals surface area contributed by atoms with Crippen LogP contribution in [0.2, 0.25) is 0 Å². The molecule has 1 aliphatic heterocycles. The molecule has 0 aliphatic carbocycles. The van der Waals surface area contributed by atoms with Crippen LogP contribution in [0.25, 0.3) is 0 Å². The van der Waals surface area contributed by atoms with Crippen LogP contribution in [0.15, 0.2) is 5.16 Å². The lowest BCUT2D eigenvalue weighted by Crippen LogP contribution is -2.42. The lowest BCUT2D eigenvalue weighted by Gasteiger charge is -2.33. The van der Waals surface area contributed by atoms with E-state index < -0.39 is 0 Å². The highest BCUT2D eigenvalue weighted by atomic mass is 32.2. The predicted octanol–water partition coefficient (Wildman–Crippen LogP) is 1.61. The fourth-order valence-electron chi connectivity index (χ4n) is 2.06. The Labute approximate surface area is 105 Å². The van der Waals surface area contributed by atoms with Crippen LogP contribution >= 0.6 is 11.8 Å². The smallest absolute Gasteiger partial charge is 0.233 e. The van der Waals surface area contributed by atoms with E-state index in [4.69, 9.17) is 0 Å². The largest absolute Gasteiger partial charge is 0.339 e. The van der Waals surface area contributed by atoms with Gasteiger partial charge in [-0.2, -0.15) is 0 Å². The number of carbonyl (C=O) groups excluding carboxylic acids is 1. The first-order valence-corrected chi connectivity index (χ1v) is 6.96. The highest BCUT2D eigenvalue weighted by Gasteiger charge is 2.23. The van der Waals surface area contributed by atoms with Crippen molar-refractivity contribution in [1.82, 2.24) is 20.1 Å². The summed E-state index contributed by atoms with van der Waals surface area (Å²) in [5.74, 6) is 1.41. The van der Waals surface area contributed by atoms with Crippen molar-refractivity contribution in [3.05, 3.63) is 5.82 Å². The number of hydrogen-bond acceptors (Lipinski definition) is 4. The molecule has 1 amide bonds. The number of hydrogen-bond donors (Lipinski definition) is 1. The van der Waals surface area contributed by atoms with Gasteiger partial charge in [0.15, 0.2) is 0 Å². The van der Waals surface area contributed by atoms with Crippen LogP contribution < -0.4 is 0 Å². The van der Waals surface area contributed by atoms with Crippen LogP contribution in [-0.2, 0) is 4.79 Å². The number of rotatable bonds is 3. The van der Waals surface area contributed by atoms with E-state index in [9.17, 15) is 4.79 Å². The van der Waals surface area contributed by atoms with E-state index in [1.165, 1.54) is 18.2 Å².